The van der Waals surface area contributed by atoms with Crippen LogP contribution in [0.1, 0.15) is 28.4 Å². The monoisotopic (exact) mass is 818 g/mol. The molecule has 0 saturated carbocycles. The van der Waals surface area contributed by atoms with Crippen LogP contribution >= 0.6 is 56.8 Å². The molecule has 0 heterocycles. The summed E-state index contributed by atoms with van der Waals surface area (Å²) in [6, 6.07) is 10.7. The van der Waals surface area contributed by atoms with Crippen LogP contribution in [0.3, 0.4) is 0 Å². The van der Waals surface area contributed by atoms with E-state index in [0.717, 1.165) is 30.3 Å². The number of nitriles is 1. The van der Waals surface area contributed by atoms with E-state index in [1.165, 1.54) is 6.92 Å². The van der Waals surface area contributed by atoms with E-state index in [0.29, 0.717) is 18.8 Å². The molecule has 0 radical (unpaired) electrons. The number of carbonyl (C=O) groups excluding carboxylic acids is 2. The van der Waals surface area contributed by atoms with Crippen molar-refractivity contribution in [2.75, 3.05) is 13.2 Å². The molecule has 0 aromatic heterocycles. The second-order valence-electron chi connectivity index (χ2n) is 7.46. The first-order valence-electron chi connectivity index (χ1n) is 10.9. The van der Waals surface area contributed by atoms with Crippen molar-refractivity contribution >= 4 is 74.4 Å². The smallest absolute Gasteiger partial charge is 0.416 e. The summed E-state index contributed by atoms with van der Waals surface area (Å²) in [6.45, 7) is 0.825. The lowest BCUT2D eigenvalue weighted by Gasteiger charge is -2.12. The number of carbonyl (C=O) groups is 2. The zero-order chi connectivity index (χ0) is 30.9. The number of esters is 2. The molecule has 216 valence electrons. The average molecular weight is 819 g/mol. The zero-order valence-electron chi connectivity index (χ0n) is 20.5. The number of nitro groups is 1. The minimum atomic E-state index is -4.61. The molecule has 41 heavy (non-hydrogen) atoms. The lowest BCUT2D eigenvalue weighted by atomic mass is 10.1. The Morgan fingerprint density at radius 2 is 1.73 bits per heavy atom. The first kappa shape index (κ1) is 33.8. The highest BCUT2D eigenvalue weighted by Gasteiger charge is 2.31. The van der Waals surface area contributed by atoms with E-state index in [9.17, 15) is 38.0 Å². The molecule has 0 spiro atoms. The Balaban J connectivity index is 0.000000446. The Bertz CT molecular complexity index is 1490. The van der Waals surface area contributed by atoms with Gasteiger partial charge in [-0.1, -0.05) is 11.6 Å². The molecule has 0 saturated heterocycles. The van der Waals surface area contributed by atoms with Gasteiger partial charge in [-0.2, -0.15) is 18.4 Å². The lowest BCUT2D eigenvalue weighted by Crippen LogP contribution is -2.17. The van der Waals surface area contributed by atoms with E-state index >= 15 is 0 Å². The minimum Gasteiger partial charge on any atom is -0.506 e. The van der Waals surface area contributed by atoms with Crippen molar-refractivity contribution in [1.82, 2.24) is 0 Å². The van der Waals surface area contributed by atoms with Gasteiger partial charge in [0, 0.05) is 12.1 Å². The maximum Gasteiger partial charge on any atom is 0.416 e. The standard InChI is InChI=1S/C18H13ClF3NO7.C7H3I2NO/c1-2-28-16(24)9-29-17(25)12-8-11(4-5-14(12)23(26)27)30-15-6-3-10(7-13(15)19)18(20,21)22;8-5-1-4(3-10)2-6(9)7(5)11/h3-8H,2,9H2,1H3;1-2,11H. The van der Waals surface area contributed by atoms with Gasteiger partial charge in [-0.3, -0.25) is 10.1 Å². The number of halogens is 6. The van der Waals surface area contributed by atoms with E-state index in [1.807, 2.05) is 51.3 Å². The zero-order valence-corrected chi connectivity index (χ0v) is 25.6. The van der Waals surface area contributed by atoms with Gasteiger partial charge < -0.3 is 19.3 Å². The molecule has 0 aliphatic carbocycles. The van der Waals surface area contributed by atoms with Gasteiger partial charge in [-0.15, -0.1) is 0 Å². The molecule has 0 amide bonds. The number of phenols is 1. The molecule has 0 bridgehead atoms. The first-order chi connectivity index (χ1) is 19.2. The molecule has 10 nitrogen and oxygen atoms in total. The number of alkyl halides is 3. The van der Waals surface area contributed by atoms with E-state index in [2.05, 4.69) is 4.74 Å². The van der Waals surface area contributed by atoms with Crippen molar-refractivity contribution in [3.8, 4) is 23.3 Å². The fourth-order valence-corrected chi connectivity index (χ4v) is 4.81. The molecule has 0 aliphatic rings. The van der Waals surface area contributed by atoms with Gasteiger partial charge in [0.2, 0.25) is 0 Å². The summed E-state index contributed by atoms with van der Waals surface area (Å²) >= 11 is 9.79. The Kier molecular flexibility index (Phi) is 12.4. The Hall–Kier alpha value is -3.37. The van der Waals surface area contributed by atoms with Crippen LogP contribution in [-0.2, 0) is 20.4 Å². The fraction of sp³-hybridized carbons (Fsp3) is 0.160. The van der Waals surface area contributed by atoms with Gasteiger partial charge in [0.1, 0.15) is 22.8 Å². The van der Waals surface area contributed by atoms with Crippen molar-refractivity contribution in [3.63, 3.8) is 0 Å². The largest absolute Gasteiger partial charge is 0.506 e. The third kappa shape index (κ3) is 9.89. The second kappa shape index (κ2) is 15.0. The van der Waals surface area contributed by atoms with E-state index < -0.39 is 46.5 Å². The van der Waals surface area contributed by atoms with Gasteiger partial charge >= 0.3 is 18.1 Å². The van der Waals surface area contributed by atoms with Gasteiger partial charge in [-0.25, -0.2) is 9.59 Å². The Morgan fingerprint density at radius 1 is 1.10 bits per heavy atom. The van der Waals surface area contributed by atoms with Gasteiger partial charge in [0.15, 0.2) is 6.61 Å². The first-order valence-corrected chi connectivity index (χ1v) is 13.4. The minimum absolute atomic E-state index is 0.0493. The average Bonchev–Trinajstić information content (AvgIpc) is 2.91. The van der Waals surface area contributed by atoms with Gasteiger partial charge in [0.05, 0.1) is 40.9 Å². The Morgan fingerprint density at radius 3 is 2.24 bits per heavy atom. The highest BCUT2D eigenvalue weighted by Crippen LogP contribution is 2.37. The molecule has 0 aliphatic heterocycles. The molecular formula is C25H16ClF3I2N2O8. The Labute approximate surface area is 262 Å². The lowest BCUT2D eigenvalue weighted by molar-refractivity contribution is -0.385. The second-order valence-corrected chi connectivity index (χ2v) is 10.2. The molecule has 3 aromatic rings. The predicted octanol–water partition coefficient (Wildman–Crippen LogP) is 7.25. The van der Waals surface area contributed by atoms with Crippen LogP contribution in [0.4, 0.5) is 18.9 Å². The van der Waals surface area contributed by atoms with Crippen LogP contribution in [-0.4, -0.2) is 35.2 Å². The third-order valence-electron chi connectivity index (χ3n) is 4.64. The summed E-state index contributed by atoms with van der Waals surface area (Å²) < 4.78 is 54.2. The summed E-state index contributed by atoms with van der Waals surface area (Å²) in [5.74, 6) is -2.10. The molecule has 3 aromatic carbocycles. The number of ether oxygens (including phenoxy) is 3. The molecule has 0 atom stereocenters. The number of nitro benzene ring substituents is 1. The number of nitrogens with zero attached hydrogens (tertiary/aromatic N) is 2. The quantitative estimate of drug-likeness (QED) is 0.113. The normalized spacial score (nSPS) is 10.5. The summed E-state index contributed by atoms with van der Waals surface area (Å²) in [4.78, 5) is 33.8. The predicted molar refractivity (Wildman–Crippen MR) is 155 cm³/mol. The van der Waals surface area contributed by atoms with Crippen molar-refractivity contribution in [2.45, 2.75) is 13.1 Å². The number of phenolic OH excluding ortho intramolecular Hbond substituents is 1. The number of rotatable bonds is 7. The van der Waals surface area contributed by atoms with E-state index in [1.54, 1.807) is 12.1 Å². The summed E-state index contributed by atoms with van der Waals surface area (Å²) in [5.41, 5.74) is -1.58. The SMILES string of the molecule is CCOC(=O)COC(=O)c1cc(Oc2ccc(C(F)(F)F)cc2Cl)ccc1[N+](=O)[O-].N#Cc1cc(I)c(O)c(I)c1. The molecule has 0 fully saturated rings. The van der Waals surface area contributed by atoms with Crippen LogP contribution in [0.5, 0.6) is 17.2 Å². The van der Waals surface area contributed by atoms with Gasteiger partial charge in [-0.05, 0) is 88.5 Å². The van der Waals surface area contributed by atoms with Crippen LogP contribution < -0.4 is 4.74 Å². The summed E-state index contributed by atoms with van der Waals surface area (Å²) in [7, 11) is 0. The van der Waals surface area contributed by atoms with Crippen LogP contribution in [0.25, 0.3) is 0 Å². The third-order valence-corrected chi connectivity index (χ3v) is 6.58. The highest BCUT2D eigenvalue weighted by atomic mass is 127. The summed E-state index contributed by atoms with van der Waals surface area (Å²) in [6.07, 6.45) is -4.61. The molecule has 16 heteroatoms. The van der Waals surface area contributed by atoms with Crippen LogP contribution in [0.2, 0.25) is 5.02 Å². The molecule has 1 N–H and O–H groups in total. The van der Waals surface area contributed by atoms with E-state index in [4.69, 9.17) is 26.3 Å². The van der Waals surface area contributed by atoms with Crippen LogP contribution in [0.15, 0.2) is 48.5 Å². The van der Waals surface area contributed by atoms with Crippen molar-refractivity contribution in [2.24, 2.45) is 0 Å². The number of benzene rings is 3. The molecule has 3 rings (SSSR count). The maximum absolute atomic E-state index is 12.7. The van der Waals surface area contributed by atoms with Crippen molar-refractivity contribution < 1.29 is 47.0 Å². The van der Waals surface area contributed by atoms with Gasteiger partial charge in [0.25, 0.3) is 5.69 Å². The molecule has 0 unspecified atom stereocenters. The summed E-state index contributed by atoms with van der Waals surface area (Å²) in [5, 5.41) is 28.6. The van der Waals surface area contributed by atoms with Crippen molar-refractivity contribution in [3.05, 3.63) is 87.5 Å². The number of aromatic hydroxyl groups is 1. The topological polar surface area (TPSA) is 149 Å². The molecular weight excluding hydrogens is 803 g/mol. The maximum atomic E-state index is 12.7. The van der Waals surface area contributed by atoms with Crippen molar-refractivity contribution in [1.29, 1.82) is 5.26 Å². The van der Waals surface area contributed by atoms with Crippen LogP contribution in [0, 0.1) is 28.6 Å². The van der Waals surface area contributed by atoms with E-state index in [-0.39, 0.29) is 28.9 Å². The fourth-order valence-electron chi connectivity index (χ4n) is 2.82. The number of hydrogen-bond acceptors (Lipinski definition) is 9. The number of hydrogen-bond donors (Lipinski definition) is 1. The highest BCUT2D eigenvalue weighted by molar-refractivity contribution is 14.1.